The molecule has 2 atom stereocenters. The third-order valence-corrected chi connectivity index (χ3v) is 4.28. The predicted molar refractivity (Wildman–Crippen MR) is 62.9 cm³/mol. The molecule has 1 saturated carbocycles. The summed E-state index contributed by atoms with van der Waals surface area (Å²) in [5.74, 6) is 0.535. The van der Waals surface area contributed by atoms with Crippen LogP contribution in [-0.2, 0) is 0 Å². The van der Waals surface area contributed by atoms with Crippen molar-refractivity contribution in [1.29, 1.82) is 0 Å². The van der Waals surface area contributed by atoms with Crippen molar-refractivity contribution in [3.8, 4) is 0 Å². The monoisotopic (exact) mass is 211 g/mol. The first kappa shape index (κ1) is 11.4. The minimum absolute atomic E-state index is 0.110. The van der Waals surface area contributed by atoms with E-state index in [4.69, 9.17) is 0 Å². The Labute approximate surface area is 93.7 Å². The molecule has 2 heteroatoms. The van der Waals surface area contributed by atoms with Crippen LogP contribution in [0, 0.1) is 5.92 Å². The normalized spacial score (nSPS) is 32.8. The van der Waals surface area contributed by atoms with Gasteiger partial charge in [-0.3, -0.25) is 0 Å². The van der Waals surface area contributed by atoms with Crippen molar-refractivity contribution < 1.29 is 5.11 Å². The number of aliphatic hydroxyl groups is 1. The van der Waals surface area contributed by atoms with Gasteiger partial charge >= 0.3 is 0 Å². The molecule has 0 radical (unpaired) electrons. The standard InChI is InChI=1S/C13H25NO/c1-11(15)12-8-9-14(10-12)13-6-4-2-3-5-7-13/h11-13,15H,2-10H2,1H3. The van der Waals surface area contributed by atoms with Crippen LogP contribution in [0.1, 0.15) is 51.9 Å². The number of aliphatic hydroxyl groups excluding tert-OH is 1. The fourth-order valence-corrected chi connectivity index (χ4v) is 3.16. The first-order valence-corrected chi connectivity index (χ1v) is 6.69. The molecule has 2 rings (SSSR count). The van der Waals surface area contributed by atoms with Gasteiger partial charge in [-0.2, -0.15) is 0 Å². The zero-order valence-electron chi connectivity index (χ0n) is 9.99. The molecule has 0 aromatic carbocycles. The molecular weight excluding hydrogens is 186 g/mol. The Balaban J connectivity index is 1.83. The van der Waals surface area contributed by atoms with Crippen LogP contribution in [0.5, 0.6) is 0 Å². The molecule has 2 aliphatic rings. The van der Waals surface area contributed by atoms with Crippen molar-refractivity contribution in [3.05, 3.63) is 0 Å². The van der Waals surface area contributed by atoms with Gasteiger partial charge in [0.15, 0.2) is 0 Å². The average molecular weight is 211 g/mol. The maximum atomic E-state index is 9.60. The molecule has 0 spiro atoms. The fraction of sp³-hybridized carbons (Fsp3) is 1.00. The summed E-state index contributed by atoms with van der Waals surface area (Å²) in [4.78, 5) is 2.64. The molecule has 0 aromatic heterocycles. The third kappa shape index (κ3) is 2.94. The summed E-state index contributed by atoms with van der Waals surface area (Å²) < 4.78 is 0. The molecule has 0 amide bonds. The van der Waals surface area contributed by atoms with E-state index in [-0.39, 0.29) is 6.10 Å². The molecule has 1 N–H and O–H groups in total. The zero-order chi connectivity index (χ0) is 10.7. The molecule has 2 nitrogen and oxygen atoms in total. The first-order valence-electron chi connectivity index (χ1n) is 6.69. The molecule has 1 aliphatic heterocycles. The zero-order valence-corrected chi connectivity index (χ0v) is 9.99. The van der Waals surface area contributed by atoms with Crippen molar-refractivity contribution in [2.24, 2.45) is 5.92 Å². The highest BCUT2D eigenvalue weighted by molar-refractivity contribution is 4.84. The lowest BCUT2D eigenvalue weighted by Gasteiger charge is -2.27. The fourth-order valence-electron chi connectivity index (χ4n) is 3.16. The van der Waals surface area contributed by atoms with E-state index >= 15 is 0 Å². The third-order valence-electron chi connectivity index (χ3n) is 4.28. The van der Waals surface area contributed by atoms with Crippen molar-refractivity contribution in [2.45, 2.75) is 64.0 Å². The van der Waals surface area contributed by atoms with Crippen LogP contribution in [-0.4, -0.2) is 35.2 Å². The van der Waals surface area contributed by atoms with E-state index in [0.29, 0.717) is 5.92 Å². The quantitative estimate of drug-likeness (QED) is 0.709. The van der Waals surface area contributed by atoms with E-state index in [1.165, 1.54) is 51.5 Å². The Morgan fingerprint density at radius 1 is 1.07 bits per heavy atom. The molecule has 0 aromatic rings. The molecule has 88 valence electrons. The Hall–Kier alpha value is -0.0800. The van der Waals surface area contributed by atoms with E-state index in [0.717, 1.165) is 12.6 Å². The summed E-state index contributed by atoms with van der Waals surface area (Å²) in [6.07, 6.45) is 9.59. The molecular formula is C13H25NO. The average Bonchev–Trinajstić information content (AvgIpc) is 2.55. The van der Waals surface area contributed by atoms with Crippen molar-refractivity contribution in [1.82, 2.24) is 4.90 Å². The van der Waals surface area contributed by atoms with Gasteiger partial charge in [-0.1, -0.05) is 25.7 Å². The maximum Gasteiger partial charge on any atom is 0.0552 e. The van der Waals surface area contributed by atoms with Crippen molar-refractivity contribution >= 4 is 0 Å². The second-order valence-electron chi connectivity index (χ2n) is 5.43. The van der Waals surface area contributed by atoms with Crippen LogP contribution in [0.2, 0.25) is 0 Å². The number of nitrogens with zero attached hydrogens (tertiary/aromatic N) is 1. The summed E-state index contributed by atoms with van der Waals surface area (Å²) in [5, 5.41) is 9.60. The van der Waals surface area contributed by atoms with Crippen LogP contribution < -0.4 is 0 Å². The summed E-state index contributed by atoms with van der Waals surface area (Å²) in [5.41, 5.74) is 0. The molecule has 1 saturated heterocycles. The van der Waals surface area contributed by atoms with E-state index in [1.807, 2.05) is 6.92 Å². The number of hydrogen-bond acceptors (Lipinski definition) is 2. The van der Waals surface area contributed by atoms with Crippen molar-refractivity contribution in [3.63, 3.8) is 0 Å². The van der Waals surface area contributed by atoms with Crippen LogP contribution in [0.15, 0.2) is 0 Å². The lowest BCUT2D eigenvalue weighted by Crippen LogP contribution is -2.34. The lowest BCUT2D eigenvalue weighted by molar-refractivity contribution is 0.120. The van der Waals surface area contributed by atoms with Gasteiger partial charge in [-0.05, 0) is 38.6 Å². The summed E-state index contributed by atoms with van der Waals surface area (Å²) in [7, 11) is 0. The van der Waals surface area contributed by atoms with Gasteiger partial charge in [0, 0.05) is 12.6 Å². The topological polar surface area (TPSA) is 23.5 Å². The SMILES string of the molecule is CC(O)C1CCN(C2CCCCCC2)C1. The number of hydrogen-bond donors (Lipinski definition) is 1. The second kappa shape index (κ2) is 5.31. The Morgan fingerprint density at radius 2 is 1.73 bits per heavy atom. The Bertz CT molecular complexity index is 185. The predicted octanol–water partition coefficient (Wildman–Crippen LogP) is 2.41. The van der Waals surface area contributed by atoms with Gasteiger partial charge in [0.2, 0.25) is 0 Å². The van der Waals surface area contributed by atoms with Crippen LogP contribution in [0.25, 0.3) is 0 Å². The molecule has 1 heterocycles. The number of likely N-dealkylation sites (tertiary alicyclic amines) is 1. The van der Waals surface area contributed by atoms with E-state index < -0.39 is 0 Å². The van der Waals surface area contributed by atoms with Gasteiger partial charge in [0.25, 0.3) is 0 Å². The molecule has 0 bridgehead atoms. The smallest absolute Gasteiger partial charge is 0.0552 e. The van der Waals surface area contributed by atoms with Gasteiger partial charge in [-0.25, -0.2) is 0 Å². The van der Waals surface area contributed by atoms with Crippen LogP contribution in [0.4, 0.5) is 0 Å². The Kier molecular flexibility index (Phi) is 4.04. The first-order chi connectivity index (χ1) is 7.27. The van der Waals surface area contributed by atoms with Crippen molar-refractivity contribution in [2.75, 3.05) is 13.1 Å². The van der Waals surface area contributed by atoms with Gasteiger partial charge in [-0.15, -0.1) is 0 Å². The Morgan fingerprint density at radius 3 is 2.27 bits per heavy atom. The van der Waals surface area contributed by atoms with Gasteiger partial charge in [0.05, 0.1) is 6.10 Å². The van der Waals surface area contributed by atoms with Gasteiger partial charge in [0.1, 0.15) is 0 Å². The second-order valence-corrected chi connectivity index (χ2v) is 5.43. The highest BCUT2D eigenvalue weighted by atomic mass is 16.3. The minimum atomic E-state index is -0.110. The van der Waals surface area contributed by atoms with Gasteiger partial charge < -0.3 is 10.0 Å². The summed E-state index contributed by atoms with van der Waals surface area (Å²) in [6, 6.07) is 0.830. The van der Waals surface area contributed by atoms with Crippen LogP contribution in [0.3, 0.4) is 0 Å². The number of rotatable bonds is 2. The minimum Gasteiger partial charge on any atom is -0.393 e. The molecule has 2 fully saturated rings. The molecule has 2 unspecified atom stereocenters. The van der Waals surface area contributed by atoms with E-state index in [2.05, 4.69) is 4.90 Å². The summed E-state index contributed by atoms with van der Waals surface area (Å²) in [6.45, 7) is 4.31. The lowest BCUT2D eigenvalue weighted by atomic mass is 10.0. The largest absolute Gasteiger partial charge is 0.393 e. The highest BCUT2D eigenvalue weighted by Gasteiger charge is 2.30. The molecule has 15 heavy (non-hydrogen) atoms. The van der Waals surface area contributed by atoms with E-state index in [1.54, 1.807) is 0 Å². The van der Waals surface area contributed by atoms with Crippen LogP contribution >= 0.6 is 0 Å². The summed E-state index contributed by atoms with van der Waals surface area (Å²) >= 11 is 0. The van der Waals surface area contributed by atoms with E-state index in [9.17, 15) is 5.11 Å². The maximum absolute atomic E-state index is 9.60. The molecule has 1 aliphatic carbocycles. The highest BCUT2D eigenvalue weighted by Crippen LogP contribution is 2.28.